The Morgan fingerprint density at radius 1 is 1.16 bits per heavy atom. The minimum Gasteiger partial charge on any atom is -0.331 e. The van der Waals surface area contributed by atoms with Crippen molar-refractivity contribution in [1.29, 1.82) is 0 Å². The number of nitrogens with one attached hydrogen (secondary N) is 1. The van der Waals surface area contributed by atoms with Crippen LogP contribution in [0.3, 0.4) is 0 Å². The van der Waals surface area contributed by atoms with Gasteiger partial charge in [0.2, 0.25) is 0 Å². The van der Waals surface area contributed by atoms with E-state index in [2.05, 4.69) is 29.4 Å². The second-order valence-electron chi connectivity index (χ2n) is 6.61. The number of amides is 2. The van der Waals surface area contributed by atoms with Crippen LogP contribution in [0.5, 0.6) is 0 Å². The standard InChI is InChI=1S/C20H24ClN3O/c1-15(17-9-6-10-18(21)13-17)22-20(25)24-12-11-23(2)14-19(24)16-7-4-3-5-8-16/h3-10,13,15,19H,11-12,14H2,1-2H3,(H,22,25). The van der Waals surface area contributed by atoms with Gasteiger partial charge in [-0.15, -0.1) is 0 Å². The molecule has 1 fully saturated rings. The topological polar surface area (TPSA) is 35.6 Å². The summed E-state index contributed by atoms with van der Waals surface area (Å²) >= 11 is 6.06. The van der Waals surface area contributed by atoms with E-state index >= 15 is 0 Å². The Hall–Kier alpha value is -2.04. The molecule has 1 aliphatic rings. The van der Waals surface area contributed by atoms with Gasteiger partial charge in [0.25, 0.3) is 0 Å². The number of rotatable bonds is 3. The van der Waals surface area contributed by atoms with Gasteiger partial charge in [-0.2, -0.15) is 0 Å². The molecule has 25 heavy (non-hydrogen) atoms. The van der Waals surface area contributed by atoms with Crippen molar-refractivity contribution in [3.8, 4) is 0 Å². The normalized spacial score (nSPS) is 19.5. The minimum absolute atomic E-state index is 0.0329. The lowest BCUT2D eigenvalue weighted by Crippen LogP contribution is -2.52. The summed E-state index contributed by atoms with van der Waals surface area (Å²) in [6.45, 7) is 4.41. The second-order valence-corrected chi connectivity index (χ2v) is 7.04. The number of carbonyl (C=O) groups excluding carboxylic acids is 1. The Bertz CT molecular complexity index is 722. The molecule has 0 spiro atoms. The van der Waals surface area contributed by atoms with Crippen molar-refractivity contribution in [2.24, 2.45) is 0 Å². The molecule has 0 bridgehead atoms. The first-order valence-electron chi connectivity index (χ1n) is 8.60. The summed E-state index contributed by atoms with van der Waals surface area (Å²) in [5.41, 5.74) is 2.17. The van der Waals surface area contributed by atoms with E-state index in [0.29, 0.717) is 11.6 Å². The van der Waals surface area contributed by atoms with Gasteiger partial charge in [-0.25, -0.2) is 4.79 Å². The fourth-order valence-corrected chi connectivity index (χ4v) is 3.45. The highest BCUT2D eigenvalue weighted by Gasteiger charge is 2.30. The highest BCUT2D eigenvalue weighted by molar-refractivity contribution is 6.30. The van der Waals surface area contributed by atoms with Crippen molar-refractivity contribution in [3.63, 3.8) is 0 Å². The van der Waals surface area contributed by atoms with E-state index in [1.807, 2.05) is 54.3 Å². The zero-order chi connectivity index (χ0) is 17.8. The van der Waals surface area contributed by atoms with Crippen LogP contribution in [-0.2, 0) is 0 Å². The van der Waals surface area contributed by atoms with Gasteiger partial charge in [0.1, 0.15) is 0 Å². The first-order valence-corrected chi connectivity index (χ1v) is 8.98. The zero-order valence-electron chi connectivity index (χ0n) is 14.7. The highest BCUT2D eigenvalue weighted by atomic mass is 35.5. The molecule has 0 aliphatic carbocycles. The Labute approximate surface area is 154 Å². The molecule has 1 heterocycles. The first kappa shape index (κ1) is 17.8. The van der Waals surface area contributed by atoms with Crippen LogP contribution in [0.4, 0.5) is 4.79 Å². The number of carbonyl (C=O) groups is 1. The molecule has 1 saturated heterocycles. The van der Waals surface area contributed by atoms with Crippen LogP contribution in [0.1, 0.15) is 30.1 Å². The molecule has 2 unspecified atom stereocenters. The summed E-state index contributed by atoms with van der Waals surface area (Å²) in [5, 5.41) is 3.80. The quantitative estimate of drug-likeness (QED) is 0.897. The summed E-state index contributed by atoms with van der Waals surface area (Å²) in [4.78, 5) is 17.1. The van der Waals surface area contributed by atoms with Crippen LogP contribution in [0, 0.1) is 0 Å². The van der Waals surface area contributed by atoms with Gasteiger partial charge < -0.3 is 15.1 Å². The lowest BCUT2D eigenvalue weighted by atomic mass is 10.0. The third-order valence-corrected chi connectivity index (χ3v) is 4.95. The fraction of sp³-hybridized carbons (Fsp3) is 0.350. The first-order chi connectivity index (χ1) is 12.0. The number of benzene rings is 2. The van der Waals surface area contributed by atoms with E-state index in [1.54, 1.807) is 0 Å². The van der Waals surface area contributed by atoms with Crippen LogP contribution in [0.15, 0.2) is 54.6 Å². The van der Waals surface area contributed by atoms with E-state index in [1.165, 1.54) is 5.56 Å². The highest BCUT2D eigenvalue weighted by Crippen LogP contribution is 2.26. The lowest BCUT2D eigenvalue weighted by Gasteiger charge is -2.40. The number of nitrogens with zero attached hydrogens (tertiary/aromatic N) is 2. The minimum atomic E-state index is -0.0951. The predicted molar refractivity (Wildman–Crippen MR) is 102 cm³/mol. The van der Waals surface area contributed by atoms with Crippen molar-refractivity contribution in [1.82, 2.24) is 15.1 Å². The number of halogens is 1. The molecule has 1 N–H and O–H groups in total. The maximum atomic E-state index is 12.9. The molecular weight excluding hydrogens is 334 g/mol. The summed E-state index contributed by atoms with van der Waals surface area (Å²) in [5.74, 6) is 0. The molecule has 2 atom stereocenters. The number of urea groups is 1. The number of hydrogen-bond acceptors (Lipinski definition) is 2. The van der Waals surface area contributed by atoms with Crippen molar-refractivity contribution in [3.05, 3.63) is 70.7 Å². The van der Waals surface area contributed by atoms with Crippen LogP contribution in [-0.4, -0.2) is 42.5 Å². The van der Waals surface area contributed by atoms with Crippen LogP contribution in [0.2, 0.25) is 5.02 Å². The number of piperazine rings is 1. The van der Waals surface area contributed by atoms with E-state index in [9.17, 15) is 4.79 Å². The molecular formula is C20H24ClN3O. The van der Waals surface area contributed by atoms with Gasteiger partial charge in [-0.3, -0.25) is 0 Å². The third-order valence-electron chi connectivity index (χ3n) is 4.72. The Kier molecular flexibility index (Phi) is 5.61. The molecule has 0 saturated carbocycles. The SMILES string of the molecule is CC(NC(=O)N1CCN(C)CC1c1ccccc1)c1cccc(Cl)c1. The van der Waals surface area contributed by atoms with Gasteiger partial charge in [0.15, 0.2) is 0 Å². The zero-order valence-corrected chi connectivity index (χ0v) is 15.4. The summed E-state index contributed by atoms with van der Waals surface area (Å²) < 4.78 is 0. The maximum absolute atomic E-state index is 12.9. The average molecular weight is 358 g/mol. The summed E-state index contributed by atoms with van der Waals surface area (Å²) in [6.07, 6.45) is 0. The molecule has 0 radical (unpaired) electrons. The monoisotopic (exact) mass is 357 g/mol. The van der Waals surface area contributed by atoms with Gasteiger partial charge >= 0.3 is 6.03 Å². The molecule has 0 aromatic heterocycles. The smallest absolute Gasteiger partial charge is 0.318 e. The maximum Gasteiger partial charge on any atom is 0.318 e. The van der Waals surface area contributed by atoms with Gasteiger partial charge in [0, 0.05) is 24.7 Å². The van der Waals surface area contributed by atoms with Gasteiger partial charge in [-0.1, -0.05) is 54.1 Å². The predicted octanol–water partition coefficient (Wildman–Crippen LogP) is 4.10. The largest absolute Gasteiger partial charge is 0.331 e. The fourth-order valence-electron chi connectivity index (χ4n) is 3.25. The molecule has 2 aromatic rings. The Balaban J connectivity index is 1.75. The third kappa shape index (κ3) is 4.33. The molecule has 2 aromatic carbocycles. The van der Waals surface area contributed by atoms with Gasteiger partial charge in [-0.05, 0) is 37.2 Å². The molecule has 1 aliphatic heterocycles. The molecule has 3 rings (SSSR count). The van der Waals surface area contributed by atoms with Crippen molar-refractivity contribution >= 4 is 17.6 Å². The van der Waals surface area contributed by atoms with Crippen LogP contribution in [0.25, 0.3) is 0 Å². The second kappa shape index (κ2) is 7.89. The van der Waals surface area contributed by atoms with Crippen molar-refractivity contribution in [2.75, 3.05) is 26.7 Å². The molecule has 132 valence electrons. The molecule has 5 heteroatoms. The van der Waals surface area contributed by atoms with Crippen LogP contribution < -0.4 is 5.32 Å². The van der Waals surface area contributed by atoms with Gasteiger partial charge in [0.05, 0.1) is 12.1 Å². The van der Waals surface area contributed by atoms with E-state index in [4.69, 9.17) is 11.6 Å². The molecule has 4 nitrogen and oxygen atoms in total. The van der Waals surface area contributed by atoms with E-state index in [-0.39, 0.29) is 18.1 Å². The summed E-state index contributed by atoms with van der Waals surface area (Å²) in [6, 6.07) is 17.8. The van der Waals surface area contributed by atoms with E-state index < -0.39 is 0 Å². The van der Waals surface area contributed by atoms with Crippen LogP contribution >= 0.6 is 11.6 Å². The Morgan fingerprint density at radius 2 is 1.92 bits per heavy atom. The molecule has 2 amide bonds. The van der Waals surface area contributed by atoms with Crippen molar-refractivity contribution < 1.29 is 4.79 Å². The number of likely N-dealkylation sites (N-methyl/N-ethyl adjacent to an activating group) is 1. The lowest BCUT2D eigenvalue weighted by molar-refractivity contribution is 0.107. The number of hydrogen-bond donors (Lipinski definition) is 1. The summed E-state index contributed by atoms with van der Waals surface area (Å²) in [7, 11) is 2.10. The Morgan fingerprint density at radius 3 is 2.64 bits per heavy atom. The average Bonchev–Trinajstić information content (AvgIpc) is 2.62. The van der Waals surface area contributed by atoms with E-state index in [0.717, 1.165) is 18.7 Å². The van der Waals surface area contributed by atoms with Crippen molar-refractivity contribution in [2.45, 2.75) is 19.0 Å².